The molecule has 9 aromatic carbocycles. The van der Waals surface area contributed by atoms with Crippen molar-refractivity contribution < 1.29 is 0 Å². The van der Waals surface area contributed by atoms with Crippen molar-refractivity contribution in [1.29, 1.82) is 0 Å². The lowest BCUT2D eigenvalue weighted by Crippen LogP contribution is -2.11. The fourth-order valence-corrected chi connectivity index (χ4v) is 9.51. The van der Waals surface area contributed by atoms with Crippen LogP contribution in [-0.2, 0) is 0 Å². The SMILES string of the molecule is c1ccc(-c2ccc(N(c3ccc(-c4ccc5ccccc5c4)cc3)c3cc(-n4c5ccccc5c5ccccc54)cc4c3sc3ccccc34)cc2)cc1. The summed E-state index contributed by atoms with van der Waals surface area (Å²) < 4.78 is 4.99. The van der Waals surface area contributed by atoms with Crippen molar-refractivity contribution in [3.8, 4) is 27.9 Å². The van der Waals surface area contributed by atoms with E-state index < -0.39 is 0 Å². The van der Waals surface area contributed by atoms with Crippen LogP contribution in [-0.4, -0.2) is 4.57 Å². The van der Waals surface area contributed by atoms with Crippen LogP contribution < -0.4 is 4.90 Å². The molecule has 0 unspecified atom stereocenters. The van der Waals surface area contributed by atoms with Crippen LogP contribution in [0.1, 0.15) is 0 Å². The molecular formula is C52H34N2S. The van der Waals surface area contributed by atoms with Gasteiger partial charge >= 0.3 is 0 Å². The molecule has 55 heavy (non-hydrogen) atoms. The Morgan fingerprint density at radius 1 is 0.364 bits per heavy atom. The Hall–Kier alpha value is -6.94. The van der Waals surface area contributed by atoms with E-state index in [1.165, 1.54) is 75.0 Å². The highest BCUT2D eigenvalue weighted by Gasteiger charge is 2.22. The molecule has 0 aliphatic heterocycles. The van der Waals surface area contributed by atoms with E-state index in [0.29, 0.717) is 0 Å². The first-order valence-electron chi connectivity index (χ1n) is 18.8. The van der Waals surface area contributed by atoms with E-state index in [1.54, 1.807) is 0 Å². The fourth-order valence-electron chi connectivity index (χ4n) is 8.32. The van der Waals surface area contributed by atoms with Gasteiger partial charge in [-0.1, -0.05) is 146 Å². The normalized spacial score (nSPS) is 11.6. The van der Waals surface area contributed by atoms with Crippen LogP contribution >= 0.6 is 11.3 Å². The molecule has 0 amide bonds. The summed E-state index contributed by atoms with van der Waals surface area (Å²) in [6.45, 7) is 0. The van der Waals surface area contributed by atoms with Crippen molar-refractivity contribution in [2.45, 2.75) is 0 Å². The van der Waals surface area contributed by atoms with Crippen molar-refractivity contribution in [2.75, 3.05) is 4.90 Å². The molecule has 0 spiro atoms. The minimum Gasteiger partial charge on any atom is -0.309 e. The third-order valence-electron chi connectivity index (χ3n) is 11.0. The number of rotatable bonds is 6. The number of anilines is 3. The second kappa shape index (κ2) is 12.9. The average Bonchev–Trinajstić information content (AvgIpc) is 3.80. The van der Waals surface area contributed by atoms with Gasteiger partial charge in [0, 0.05) is 43.3 Å². The molecule has 0 fully saturated rings. The molecule has 11 rings (SSSR count). The second-order valence-corrected chi connectivity index (χ2v) is 15.2. The van der Waals surface area contributed by atoms with Crippen LogP contribution in [0.5, 0.6) is 0 Å². The lowest BCUT2D eigenvalue weighted by Gasteiger charge is -2.27. The van der Waals surface area contributed by atoms with E-state index in [4.69, 9.17) is 0 Å². The van der Waals surface area contributed by atoms with Crippen LogP contribution in [0.4, 0.5) is 17.1 Å². The van der Waals surface area contributed by atoms with Crippen molar-refractivity contribution in [1.82, 2.24) is 4.57 Å². The molecule has 0 saturated heterocycles. The van der Waals surface area contributed by atoms with Crippen LogP contribution in [0.2, 0.25) is 0 Å². The quantitative estimate of drug-likeness (QED) is 0.166. The number of benzene rings is 9. The topological polar surface area (TPSA) is 8.17 Å². The largest absolute Gasteiger partial charge is 0.309 e. The highest BCUT2D eigenvalue weighted by Crippen LogP contribution is 2.47. The molecule has 0 bridgehead atoms. The minimum atomic E-state index is 1.11. The summed E-state index contributed by atoms with van der Waals surface area (Å²) in [5.41, 5.74) is 11.7. The molecule has 0 saturated carbocycles. The van der Waals surface area contributed by atoms with E-state index in [-0.39, 0.29) is 0 Å². The number of para-hydroxylation sites is 2. The molecule has 0 atom stereocenters. The summed E-state index contributed by atoms with van der Waals surface area (Å²) in [5, 5.41) is 7.55. The number of thiophene rings is 1. The van der Waals surface area contributed by atoms with Crippen LogP contribution in [0.3, 0.4) is 0 Å². The van der Waals surface area contributed by atoms with Gasteiger partial charge in [0.1, 0.15) is 0 Å². The van der Waals surface area contributed by atoms with Gasteiger partial charge < -0.3 is 9.47 Å². The Labute approximate surface area is 323 Å². The zero-order valence-electron chi connectivity index (χ0n) is 29.9. The van der Waals surface area contributed by atoms with Crippen LogP contribution in [0, 0.1) is 0 Å². The van der Waals surface area contributed by atoms with Crippen LogP contribution in [0.25, 0.3) is 80.7 Å². The maximum Gasteiger partial charge on any atom is 0.0661 e. The number of hydrogen-bond acceptors (Lipinski definition) is 2. The second-order valence-electron chi connectivity index (χ2n) is 14.2. The van der Waals surface area contributed by atoms with Crippen molar-refractivity contribution >= 4 is 81.1 Å². The van der Waals surface area contributed by atoms with Gasteiger partial charge in [0.2, 0.25) is 0 Å². The van der Waals surface area contributed by atoms with Gasteiger partial charge in [0.15, 0.2) is 0 Å². The molecule has 11 aromatic rings. The average molecular weight is 719 g/mol. The maximum absolute atomic E-state index is 2.45. The van der Waals surface area contributed by atoms with Crippen molar-refractivity contribution in [2.24, 2.45) is 0 Å². The summed E-state index contributed by atoms with van der Waals surface area (Å²) in [6.07, 6.45) is 0. The zero-order valence-corrected chi connectivity index (χ0v) is 30.7. The lowest BCUT2D eigenvalue weighted by atomic mass is 10.0. The van der Waals surface area contributed by atoms with E-state index in [2.05, 4.69) is 216 Å². The molecule has 0 aliphatic carbocycles. The molecule has 0 aliphatic rings. The first-order chi connectivity index (χ1) is 27.3. The van der Waals surface area contributed by atoms with E-state index in [1.807, 2.05) is 11.3 Å². The molecule has 2 aromatic heterocycles. The predicted molar refractivity (Wildman–Crippen MR) is 237 cm³/mol. The van der Waals surface area contributed by atoms with Gasteiger partial charge in [0.25, 0.3) is 0 Å². The van der Waals surface area contributed by atoms with E-state index in [9.17, 15) is 0 Å². The standard InChI is InChI=1S/C52H34N2S/c1-2-12-35(13-3-1)37-24-28-41(29-25-37)53(42-30-26-38(27-31-42)40-23-22-36-14-4-5-15-39(36)32-40)50-34-43(33-47-46-18-8-11-21-51(46)55-52(47)50)54-48-19-9-6-16-44(48)45-17-7-10-20-49(45)54/h1-34H. The Morgan fingerprint density at radius 3 is 1.58 bits per heavy atom. The highest BCUT2D eigenvalue weighted by atomic mass is 32.1. The zero-order chi connectivity index (χ0) is 36.3. The van der Waals surface area contributed by atoms with Crippen molar-refractivity contribution in [3.63, 3.8) is 0 Å². The molecule has 2 heterocycles. The third-order valence-corrected chi connectivity index (χ3v) is 12.2. The van der Waals surface area contributed by atoms with Gasteiger partial charge in [-0.3, -0.25) is 0 Å². The van der Waals surface area contributed by atoms with Crippen molar-refractivity contribution in [3.05, 3.63) is 206 Å². The molecule has 0 radical (unpaired) electrons. The molecule has 2 nitrogen and oxygen atoms in total. The maximum atomic E-state index is 2.45. The molecular weight excluding hydrogens is 685 g/mol. The van der Waals surface area contributed by atoms with Crippen LogP contribution in [0.15, 0.2) is 206 Å². The highest BCUT2D eigenvalue weighted by molar-refractivity contribution is 7.26. The summed E-state index contributed by atoms with van der Waals surface area (Å²) >= 11 is 1.87. The van der Waals surface area contributed by atoms with Gasteiger partial charge in [-0.15, -0.1) is 11.3 Å². The van der Waals surface area contributed by atoms with E-state index >= 15 is 0 Å². The monoisotopic (exact) mass is 718 g/mol. The minimum absolute atomic E-state index is 1.11. The summed E-state index contributed by atoms with van der Waals surface area (Å²) in [6, 6.07) is 75.3. The first kappa shape index (κ1) is 31.6. The first-order valence-corrected chi connectivity index (χ1v) is 19.6. The Kier molecular flexibility index (Phi) is 7.39. The number of hydrogen-bond donors (Lipinski definition) is 0. The third kappa shape index (κ3) is 5.32. The Bertz CT molecular complexity index is 3140. The number of fused-ring (bicyclic) bond motifs is 7. The van der Waals surface area contributed by atoms with E-state index in [0.717, 1.165) is 22.7 Å². The van der Waals surface area contributed by atoms with Gasteiger partial charge in [-0.25, -0.2) is 0 Å². The number of nitrogens with zero attached hydrogens (tertiary/aromatic N) is 2. The van der Waals surface area contributed by atoms with Gasteiger partial charge in [-0.2, -0.15) is 0 Å². The summed E-state index contributed by atoms with van der Waals surface area (Å²) in [5.74, 6) is 0. The lowest BCUT2D eigenvalue weighted by molar-refractivity contribution is 1.18. The van der Waals surface area contributed by atoms with Gasteiger partial charge in [-0.05, 0) is 93.7 Å². The molecule has 3 heteroatoms. The Balaban J connectivity index is 1.16. The fraction of sp³-hybridized carbons (Fsp3) is 0. The van der Waals surface area contributed by atoms with Gasteiger partial charge in [0.05, 0.1) is 21.4 Å². The smallest absolute Gasteiger partial charge is 0.0661 e. The molecule has 0 N–H and O–H groups in total. The summed E-state index contributed by atoms with van der Waals surface area (Å²) in [4.78, 5) is 2.45. The Morgan fingerprint density at radius 2 is 0.891 bits per heavy atom. The summed E-state index contributed by atoms with van der Waals surface area (Å²) in [7, 11) is 0. The molecule has 258 valence electrons. The predicted octanol–water partition coefficient (Wildman–Crippen LogP) is 15.1. The number of aromatic nitrogens is 1.